The third-order valence-electron chi connectivity index (χ3n) is 5.24. The van der Waals surface area contributed by atoms with Crippen LogP contribution in [0.1, 0.15) is 34.3 Å². The Balaban J connectivity index is 1.64. The predicted octanol–water partition coefficient (Wildman–Crippen LogP) is 3.99. The highest BCUT2D eigenvalue weighted by molar-refractivity contribution is 6.30. The maximum atomic E-state index is 12.7. The molecule has 1 aliphatic rings. The Morgan fingerprint density at radius 3 is 2.54 bits per heavy atom. The van der Waals surface area contributed by atoms with E-state index in [4.69, 9.17) is 16.3 Å². The number of hydrogen-bond acceptors (Lipinski definition) is 5. The summed E-state index contributed by atoms with van der Waals surface area (Å²) >= 11 is 5.89. The number of methoxy groups -OCH3 is 1. The van der Waals surface area contributed by atoms with Gasteiger partial charge >= 0.3 is 5.97 Å². The summed E-state index contributed by atoms with van der Waals surface area (Å²) in [5.74, 6) is 0.370. The molecule has 3 rings (SSSR count). The third kappa shape index (κ3) is 4.44. The predicted molar refractivity (Wildman–Crippen MR) is 110 cm³/mol. The number of aryl methyl sites for hydroxylation is 1. The average Bonchev–Trinajstić information content (AvgIpc) is 2.70. The van der Waals surface area contributed by atoms with Crippen LogP contribution in [0.15, 0.2) is 30.5 Å². The lowest BCUT2D eigenvalue weighted by Gasteiger charge is -2.32. The van der Waals surface area contributed by atoms with Crippen LogP contribution < -0.4 is 10.2 Å². The number of benzene rings is 1. The van der Waals surface area contributed by atoms with Crippen molar-refractivity contribution < 1.29 is 14.3 Å². The van der Waals surface area contributed by atoms with E-state index in [1.54, 1.807) is 12.3 Å². The van der Waals surface area contributed by atoms with Gasteiger partial charge in [0.15, 0.2) is 0 Å². The molecule has 0 unspecified atom stereocenters. The lowest BCUT2D eigenvalue weighted by molar-refractivity contribution is -0.120. The highest BCUT2D eigenvalue weighted by atomic mass is 35.5. The monoisotopic (exact) mass is 401 g/mol. The number of piperidine rings is 1. The van der Waals surface area contributed by atoms with E-state index in [1.807, 2.05) is 32.0 Å². The van der Waals surface area contributed by atoms with Crippen molar-refractivity contribution in [1.29, 1.82) is 0 Å². The van der Waals surface area contributed by atoms with Crippen molar-refractivity contribution in [2.24, 2.45) is 5.92 Å². The average molecular weight is 402 g/mol. The van der Waals surface area contributed by atoms with E-state index in [1.165, 1.54) is 7.11 Å². The molecule has 148 valence electrons. The van der Waals surface area contributed by atoms with Crippen LogP contribution in [0.3, 0.4) is 0 Å². The molecule has 28 heavy (non-hydrogen) atoms. The van der Waals surface area contributed by atoms with E-state index in [9.17, 15) is 9.59 Å². The maximum absolute atomic E-state index is 12.7. The normalized spacial score (nSPS) is 14.6. The number of carbonyl (C=O) groups is 2. The zero-order valence-electron chi connectivity index (χ0n) is 16.3. The second-order valence-corrected chi connectivity index (χ2v) is 7.48. The first-order valence-corrected chi connectivity index (χ1v) is 9.63. The number of nitrogens with one attached hydrogen (secondary N) is 1. The van der Waals surface area contributed by atoms with Crippen LogP contribution in [-0.4, -0.2) is 37.1 Å². The minimum absolute atomic E-state index is 0.0252. The molecule has 0 atom stereocenters. The minimum atomic E-state index is -0.402. The van der Waals surface area contributed by atoms with Gasteiger partial charge in [-0.25, -0.2) is 9.78 Å². The lowest BCUT2D eigenvalue weighted by Crippen LogP contribution is -2.38. The summed E-state index contributed by atoms with van der Waals surface area (Å²) in [4.78, 5) is 31.2. The van der Waals surface area contributed by atoms with Gasteiger partial charge in [-0.15, -0.1) is 0 Å². The molecule has 0 bridgehead atoms. The first kappa shape index (κ1) is 20.1. The van der Waals surface area contributed by atoms with Gasteiger partial charge in [0.25, 0.3) is 0 Å². The van der Waals surface area contributed by atoms with E-state index < -0.39 is 5.97 Å². The molecule has 6 nitrogen and oxygen atoms in total. The third-order valence-corrected chi connectivity index (χ3v) is 5.47. The Labute approximate surface area is 169 Å². The second-order valence-electron chi connectivity index (χ2n) is 7.04. The second kappa shape index (κ2) is 8.61. The number of aromatic nitrogens is 1. The number of amides is 1. The summed E-state index contributed by atoms with van der Waals surface area (Å²) in [5.41, 5.74) is 2.88. The van der Waals surface area contributed by atoms with Gasteiger partial charge in [0.1, 0.15) is 5.82 Å². The van der Waals surface area contributed by atoms with Crippen molar-refractivity contribution >= 4 is 35.0 Å². The molecule has 2 aromatic rings. The lowest BCUT2D eigenvalue weighted by atomic mass is 9.95. The van der Waals surface area contributed by atoms with E-state index in [0.717, 1.165) is 42.9 Å². The summed E-state index contributed by atoms with van der Waals surface area (Å²) in [6, 6.07) is 7.28. The summed E-state index contributed by atoms with van der Waals surface area (Å²) < 4.78 is 4.84. The van der Waals surface area contributed by atoms with Crippen LogP contribution in [0.2, 0.25) is 5.02 Å². The SMILES string of the molecule is COC(=O)c1cc(NC(=O)C2CCN(c3ccc(Cl)cn3)CC2)cc(C)c1C. The molecule has 0 saturated carbocycles. The first-order chi connectivity index (χ1) is 13.4. The van der Waals surface area contributed by atoms with Crippen LogP contribution in [0.25, 0.3) is 0 Å². The van der Waals surface area contributed by atoms with Crippen LogP contribution in [0.4, 0.5) is 11.5 Å². The Morgan fingerprint density at radius 1 is 1.21 bits per heavy atom. The number of pyridine rings is 1. The van der Waals surface area contributed by atoms with Crippen molar-refractivity contribution in [3.05, 3.63) is 52.2 Å². The van der Waals surface area contributed by atoms with Gasteiger partial charge in [-0.2, -0.15) is 0 Å². The fourth-order valence-electron chi connectivity index (χ4n) is 3.42. The summed E-state index contributed by atoms with van der Waals surface area (Å²) in [7, 11) is 1.35. The number of hydrogen-bond donors (Lipinski definition) is 1. The number of anilines is 2. The van der Waals surface area contributed by atoms with Crippen LogP contribution >= 0.6 is 11.6 Å². The van der Waals surface area contributed by atoms with Gasteiger partial charge in [-0.05, 0) is 62.1 Å². The number of esters is 1. The van der Waals surface area contributed by atoms with Crippen molar-refractivity contribution in [2.45, 2.75) is 26.7 Å². The highest BCUT2D eigenvalue weighted by Gasteiger charge is 2.26. The number of halogens is 1. The van der Waals surface area contributed by atoms with E-state index in [-0.39, 0.29) is 11.8 Å². The molecule has 1 saturated heterocycles. The van der Waals surface area contributed by atoms with Crippen molar-refractivity contribution in [3.8, 4) is 0 Å². The molecule has 0 radical (unpaired) electrons. The first-order valence-electron chi connectivity index (χ1n) is 9.26. The summed E-state index contributed by atoms with van der Waals surface area (Å²) in [6.45, 7) is 5.29. The Hall–Kier alpha value is -2.60. The standard InChI is InChI=1S/C21H24ClN3O3/c1-13-10-17(11-18(14(13)2)21(27)28-3)24-20(26)15-6-8-25(9-7-15)19-5-4-16(22)12-23-19/h4-5,10-12,15H,6-9H2,1-3H3,(H,24,26). The van der Waals surface area contributed by atoms with E-state index >= 15 is 0 Å². The number of rotatable bonds is 4. The van der Waals surface area contributed by atoms with E-state index in [2.05, 4.69) is 15.2 Å². The quantitative estimate of drug-likeness (QED) is 0.784. The molecule has 1 aromatic carbocycles. The molecular formula is C21H24ClN3O3. The molecule has 1 N–H and O–H groups in total. The molecule has 1 amide bonds. The zero-order valence-corrected chi connectivity index (χ0v) is 17.0. The molecule has 1 fully saturated rings. The Bertz CT molecular complexity index is 875. The Morgan fingerprint density at radius 2 is 1.93 bits per heavy atom. The number of nitrogens with zero attached hydrogens (tertiary/aromatic N) is 2. The van der Waals surface area contributed by atoms with Crippen LogP contribution in [0.5, 0.6) is 0 Å². The molecular weight excluding hydrogens is 378 g/mol. The van der Waals surface area contributed by atoms with Gasteiger partial charge in [0.2, 0.25) is 5.91 Å². The Kier molecular flexibility index (Phi) is 6.19. The number of carbonyl (C=O) groups excluding carboxylic acids is 2. The zero-order chi connectivity index (χ0) is 20.3. The van der Waals surface area contributed by atoms with Gasteiger partial charge in [-0.1, -0.05) is 11.6 Å². The maximum Gasteiger partial charge on any atom is 0.338 e. The summed E-state index contributed by atoms with van der Waals surface area (Å²) in [6.07, 6.45) is 3.12. The molecule has 7 heteroatoms. The van der Waals surface area contributed by atoms with Gasteiger partial charge < -0.3 is 15.0 Å². The topological polar surface area (TPSA) is 71.5 Å². The minimum Gasteiger partial charge on any atom is -0.465 e. The summed E-state index contributed by atoms with van der Waals surface area (Å²) in [5, 5.41) is 3.57. The number of ether oxygens (including phenoxy) is 1. The molecule has 2 heterocycles. The van der Waals surface area contributed by atoms with Gasteiger partial charge in [-0.3, -0.25) is 4.79 Å². The van der Waals surface area contributed by atoms with E-state index in [0.29, 0.717) is 16.3 Å². The highest BCUT2D eigenvalue weighted by Crippen LogP contribution is 2.25. The molecule has 1 aromatic heterocycles. The molecule has 0 aliphatic carbocycles. The van der Waals surface area contributed by atoms with Crippen LogP contribution in [-0.2, 0) is 9.53 Å². The largest absolute Gasteiger partial charge is 0.465 e. The molecule has 0 spiro atoms. The molecule has 1 aliphatic heterocycles. The van der Waals surface area contributed by atoms with Crippen LogP contribution in [0, 0.1) is 19.8 Å². The van der Waals surface area contributed by atoms with Gasteiger partial charge in [0.05, 0.1) is 17.7 Å². The van der Waals surface area contributed by atoms with Crippen molar-refractivity contribution in [1.82, 2.24) is 4.98 Å². The smallest absolute Gasteiger partial charge is 0.338 e. The fraction of sp³-hybridized carbons (Fsp3) is 0.381. The van der Waals surface area contributed by atoms with Crippen molar-refractivity contribution in [3.63, 3.8) is 0 Å². The fourth-order valence-corrected chi connectivity index (χ4v) is 3.54. The van der Waals surface area contributed by atoms with Crippen molar-refractivity contribution in [2.75, 3.05) is 30.4 Å². The van der Waals surface area contributed by atoms with Gasteiger partial charge in [0, 0.05) is 30.9 Å².